The van der Waals surface area contributed by atoms with Gasteiger partial charge in [-0.1, -0.05) is 330 Å². The molecule has 17 nitrogen and oxygen atoms in total. The van der Waals surface area contributed by atoms with Gasteiger partial charge < -0.3 is 33.8 Å². The topological polar surface area (TPSA) is 237 Å². The predicted octanol–water partition coefficient (Wildman–Crippen LogP) is 21.6. The number of phosphoric acid groups is 2. The van der Waals surface area contributed by atoms with E-state index in [4.69, 9.17) is 37.0 Å². The summed E-state index contributed by atoms with van der Waals surface area (Å²) in [5.74, 6) is -0.568. The van der Waals surface area contributed by atoms with E-state index in [2.05, 4.69) is 41.5 Å². The first-order chi connectivity index (χ1) is 44.9. The molecule has 0 heterocycles. The van der Waals surface area contributed by atoms with Crippen LogP contribution in [0.5, 0.6) is 0 Å². The second kappa shape index (κ2) is 66.0. The van der Waals surface area contributed by atoms with Crippen molar-refractivity contribution in [3.05, 3.63) is 0 Å². The molecule has 0 aliphatic carbocycles. The maximum absolute atomic E-state index is 13.1. The number of carbonyl (C=O) groups excluding carboxylic acids is 4. The molecule has 0 saturated carbocycles. The highest BCUT2D eigenvalue weighted by atomic mass is 31.2. The zero-order chi connectivity index (χ0) is 68.6. The Bertz CT molecular complexity index is 1810. The van der Waals surface area contributed by atoms with Crippen molar-refractivity contribution in [3.63, 3.8) is 0 Å². The van der Waals surface area contributed by atoms with Crippen molar-refractivity contribution in [3.8, 4) is 0 Å². The lowest BCUT2D eigenvalue weighted by molar-refractivity contribution is -0.161. The number of unbranched alkanes of at least 4 members (excludes halogenated alkanes) is 42. The quantitative estimate of drug-likeness (QED) is 0.0222. The second-order valence-electron chi connectivity index (χ2n) is 27.4. The number of esters is 4. The van der Waals surface area contributed by atoms with Crippen LogP contribution in [0.15, 0.2) is 0 Å². The summed E-state index contributed by atoms with van der Waals surface area (Å²) >= 11 is 0. The van der Waals surface area contributed by atoms with Crippen LogP contribution in [0.3, 0.4) is 0 Å². The van der Waals surface area contributed by atoms with Gasteiger partial charge in [0.25, 0.3) is 0 Å². The fourth-order valence-corrected chi connectivity index (χ4v) is 12.8. The molecule has 0 amide bonds. The average molecular weight is 1370 g/mol. The van der Waals surface area contributed by atoms with E-state index in [9.17, 15) is 43.2 Å². The molecule has 0 radical (unpaired) electrons. The van der Waals surface area contributed by atoms with Gasteiger partial charge in [0.05, 0.1) is 26.4 Å². The summed E-state index contributed by atoms with van der Waals surface area (Å²) in [5, 5.41) is 10.6. The van der Waals surface area contributed by atoms with E-state index in [1.165, 1.54) is 199 Å². The lowest BCUT2D eigenvalue weighted by Gasteiger charge is -2.21. The van der Waals surface area contributed by atoms with Crippen LogP contribution in [0, 0.1) is 11.8 Å². The molecule has 0 aromatic rings. The van der Waals surface area contributed by atoms with Gasteiger partial charge in [-0.15, -0.1) is 0 Å². The van der Waals surface area contributed by atoms with Crippen LogP contribution >= 0.6 is 15.6 Å². The Morgan fingerprint density at radius 3 is 0.817 bits per heavy atom. The number of hydrogen-bond acceptors (Lipinski definition) is 15. The highest BCUT2D eigenvalue weighted by Gasteiger charge is 2.30. The molecular formula is C74H144O17P2. The Morgan fingerprint density at radius 1 is 0.312 bits per heavy atom. The molecule has 552 valence electrons. The van der Waals surface area contributed by atoms with Gasteiger partial charge >= 0.3 is 39.5 Å². The number of phosphoric ester groups is 2. The van der Waals surface area contributed by atoms with Crippen LogP contribution < -0.4 is 0 Å². The number of aliphatic hydroxyl groups excluding tert-OH is 1. The summed E-state index contributed by atoms with van der Waals surface area (Å²) in [5.41, 5.74) is 0. The number of carbonyl (C=O) groups is 4. The second-order valence-corrected chi connectivity index (χ2v) is 30.3. The van der Waals surface area contributed by atoms with E-state index < -0.39 is 97.5 Å². The molecule has 6 atom stereocenters. The minimum atomic E-state index is -4.96. The molecule has 0 bridgehead atoms. The minimum absolute atomic E-state index is 0.105. The first kappa shape index (κ1) is 91.1. The van der Waals surface area contributed by atoms with Gasteiger partial charge in [-0.25, -0.2) is 9.13 Å². The zero-order valence-corrected chi connectivity index (χ0v) is 62.3. The van der Waals surface area contributed by atoms with E-state index >= 15 is 0 Å². The van der Waals surface area contributed by atoms with Crippen LogP contribution in [-0.4, -0.2) is 96.7 Å². The van der Waals surface area contributed by atoms with Crippen molar-refractivity contribution in [2.75, 3.05) is 39.6 Å². The zero-order valence-electron chi connectivity index (χ0n) is 60.6. The van der Waals surface area contributed by atoms with Gasteiger partial charge in [0.2, 0.25) is 0 Å². The Hall–Kier alpha value is -1.94. The summed E-state index contributed by atoms with van der Waals surface area (Å²) in [6.45, 7) is 9.58. The molecule has 93 heavy (non-hydrogen) atoms. The van der Waals surface area contributed by atoms with Crippen LogP contribution in [0.2, 0.25) is 0 Å². The number of hydrogen-bond donors (Lipinski definition) is 3. The molecule has 0 aromatic heterocycles. The van der Waals surface area contributed by atoms with Crippen LogP contribution in [0.25, 0.3) is 0 Å². The van der Waals surface area contributed by atoms with Gasteiger partial charge in [0, 0.05) is 25.7 Å². The molecule has 3 unspecified atom stereocenters. The standard InChI is InChI=1S/C74H144O17P2/c1-7-10-12-14-16-18-19-20-21-22-23-24-29-33-40-46-52-58-73(78)90-69(63-85-72(77)57-51-45-39-32-28-26-25-27-31-36-42-48-54-66(4)5)64-88-92(80,81)86-60-68(75)61-87-93(82,83)89-65-70(62-84-71(76)56-50-44-38-30-17-15-13-11-8-2)91-74(79)59-53-47-41-35-34-37-43-49-55-67(6)9-3/h66-70,75H,7-65H2,1-6H3,(H,80,81)(H,82,83)/t67?,68-,69-,70-/m1/s1. The summed E-state index contributed by atoms with van der Waals surface area (Å²) in [6.07, 6.45) is 52.6. The van der Waals surface area contributed by atoms with Crippen molar-refractivity contribution in [2.45, 2.75) is 400 Å². The van der Waals surface area contributed by atoms with Crippen LogP contribution in [0.1, 0.15) is 382 Å². The highest BCUT2D eigenvalue weighted by molar-refractivity contribution is 7.47. The Kier molecular flexibility index (Phi) is 64.6. The monoisotopic (exact) mass is 1370 g/mol. The molecule has 3 N–H and O–H groups in total. The fourth-order valence-electron chi connectivity index (χ4n) is 11.3. The Morgan fingerprint density at radius 2 is 0.548 bits per heavy atom. The molecular weight excluding hydrogens is 1220 g/mol. The summed E-state index contributed by atoms with van der Waals surface area (Å²) in [4.78, 5) is 72.7. The number of rotatable bonds is 73. The third-order valence-corrected chi connectivity index (χ3v) is 19.5. The first-order valence-corrected chi connectivity index (χ1v) is 41.5. The molecule has 19 heteroatoms. The molecule has 0 aliphatic heterocycles. The number of ether oxygens (including phenoxy) is 4. The van der Waals surface area contributed by atoms with Crippen molar-refractivity contribution >= 4 is 39.5 Å². The first-order valence-electron chi connectivity index (χ1n) is 38.5. The maximum Gasteiger partial charge on any atom is 0.472 e. The summed E-state index contributed by atoms with van der Waals surface area (Å²) < 4.78 is 68.4. The SMILES string of the molecule is CCCCCCCCCCCCCCCCCCCC(=O)O[C@H](COC(=O)CCCCCCCCCCCCCCC(C)C)COP(=O)(O)OC[C@@H](O)COP(=O)(O)OC[C@@H](COC(=O)CCCCCCCCCCC)OC(=O)CCCCCCCCCCC(C)CC. The minimum Gasteiger partial charge on any atom is -0.462 e. The third kappa shape index (κ3) is 67.0. The lowest BCUT2D eigenvalue weighted by atomic mass is 9.99. The smallest absolute Gasteiger partial charge is 0.462 e. The summed E-state index contributed by atoms with van der Waals surface area (Å²) in [7, 11) is -9.91. The van der Waals surface area contributed by atoms with E-state index in [0.29, 0.717) is 25.7 Å². The largest absolute Gasteiger partial charge is 0.472 e. The molecule has 0 fully saturated rings. The van der Waals surface area contributed by atoms with Gasteiger partial charge in [-0.3, -0.25) is 37.3 Å². The highest BCUT2D eigenvalue weighted by Crippen LogP contribution is 2.45. The van der Waals surface area contributed by atoms with Crippen molar-refractivity contribution in [1.82, 2.24) is 0 Å². The van der Waals surface area contributed by atoms with Crippen molar-refractivity contribution in [2.24, 2.45) is 11.8 Å². The average Bonchev–Trinajstić information content (AvgIpc) is 2.00. The van der Waals surface area contributed by atoms with Crippen molar-refractivity contribution in [1.29, 1.82) is 0 Å². The Labute approximate surface area is 568 Å². The molecule has 0 spiro atoms. The Balaban J connectivity index is 5.24. The van der Waals surface area contributed by atoms with E-state index in [-0.39, 0.29) is 25.7 Å². The fraction of sp³-hybridized carbons (Fsp3) is 0.946. The normalized spacial score (nSPS) is 14.3. The van der Waals surface area contributed by atoms with Gasteiger partial charge in [0.15, 0.2) is 12.2 Å². The van der Waals surface area contributed by atoms with E-state index in [1.54, 1.807) is 0 Å². The predicted molar refractivity (Wildman–Crippen MR) is 377 cm³/mol. The van der Waals surface area contributed by atoms with Gasteiger partial charge in [0.1, 0.15) is 19.3 Å². The van der Waals surface area contributed by atoms with Crippen LogP contribution in [-0.2, 0) is 65.4 Å². The van der Waals surface area contributed by atoms with Crippen molar-refractivity contribution < 1.29 is 80.2 Å². The van der Waals surface area contributed by atoms with E-state index in [0.717, 1.165) is 102 Å². The molecule has 0 aromatic carbocycles. The lowest BCUT2D eigenvalue weighted by Crippen LogP contribution is -2.30. The van der Waals surface area contributed by atoms with Gasteiger partial charge in [-0.2, -0.15) is 0 Å². The number of aliphatic hydroxyl groups is 1. The molecule has 0 aliphatic rings. The summed E-state index contributed by atoms with van der Waals surface area (Å²) in [6, 6.07) is 0. The molecule has 0 rings (SSSR count). The third-order valence-electron chi connectivity index (χ3n) is 17.6. The molecule has 0 saturated heterocycles. The van der Waals surface area contributed by atoms with E-state index in [1.807, 2.05) is 0 Å². The maximum atomic E-state index is 13.1. The van der Waals surface area contributed by atoms with Gasteiger partial charge in [-0.05, 0) is 37.5 Å². The van der Waals surface area contributed by atoms with Crippen LogP contribution in [0.4, 0.5) is 0 Å².